The first-order chi connectivity index (χ1) is 14.2. The molecule has 152 valence electrons. The van der Waals surface area contributed by atoms with Gasteiger partial charge >= 0.3 is 0 Å². The molecule has 4 heterocycles. The Balaban J connectivity index is 1.34. The van der Waals surface area contributed by atoms with Crippen molar-refractivity contribution >= 4 is 5.65 Å². The van der Waals surface area contributed by atoms with Crippen LogP contribution in [0.1, 0.15) is 29.5 Å². The second kappa shape index (κ2) is 7.31. The van der Waals surface area contributed by atoms with E-state index in [1.165, 1.54) is 16.7 Å². The van der Waals surface area contributed by atoms with Crippen LogP contribution in [0.2, 0.25) is 0 Å². The van der Waals surface area contributed by atoms with Gasteiger partial charge in [0.1, 0.15) is 6.33 Å². The Morgan fingerprint density at radius 3 is 2.69 bits per heavy atom. The minimum absolute atomic E-state index is 0.222. The summed E-state index contributed by atoms with van der Waals surface area (Å²) in [4.78, 5) is 6.78. The van der Waals surface area contributed by atoms with Crippen LogP contribution in [0.5, 0.6) is 11.5 Å². The van der Waals surface area contributed by atoms with E-state index in [1.807, 2.05) is 6.20 Å². The van der Waals surface area contributed by atoms with Crippen LogP contribution in [-0.4, -0.2) is 53.4 Å². The molecule has 0 atom stereocenters. The molecular formula is C22H26N4O3. The number of nitrogens with zero attached hydrogens (tertiary/aromatic N) is 4. The first-order valence-corrected chi connectivity index (χ1v) is 10.1. The summed E-state index contributed by atoms with van der Waals surface area (Å²) in [5, 5.41) is 4.17. The fraction of sp³-hybridized carbons (Fsp3) is 0.455. The number of benzene rings is 1. The van der Waals surface area contributed by atoms with Crippen molar-refractivity contribution < 1.29 is 14.2 Å². The summed E-state index contributed by atoms with van der Waals surface area (Å²) < 4.78 is 19.3. The molecule has 0 saturated carbocycles. The van der Waals surface area contributed by atoms with Gasteiger partial charge in [0, 0.05) is 25.8 Å². The van der Waals surface area contributed by atoms with Gasteiger partial charge in [-0.3, -0.25) is 4.90 Å². The molecule has 3 aromatic rings. The second-order valence-electron chi connectivity index (χ2n) is 7.83. The van der Waals surface area contributed by atoms with E-state index in [0.29, 0.717) is 0 Å². The van der Waals surface area contributed by atoms with E-state index in [0.717, 1.165) is 62.6 Å². The third kappa shape index (κ3) is 3.24. The number of rotatable bonds is 4. The van der Waals surface area contributed by atoms with Gasteiger partial charge in [0.05, 0.1) is 26.4 Å². The van der Waals surface area contributed by atoms with Crippen LogP contribution >= 0.6 is 0 Å². The SMILES string of the molecule is COc1cc2c(cc1OC)C1(CCN(Cc3ccn4ncnc4c3)CC1)OCC2. The molecule has 2 aliphatic heterocycles. The molecule has 2 aliphatic rings. The van der Waals surface area contributed by atoms with E-state index in [4.69, 9.17) is 14.2 Å². The number of ether oxygens (including phenoxy) is 3. The summed E-state index contributed by atoms with van der Waals surface area (Å²) in [5.41, 5.74) is 4.52. The maximum absolute atomic E-state index is 6.41. The normalized spacial score (nSPS) is 18.7. The quantitative estimate of drug-likeness (QED) is 0.678. The summed E-state index contributed by atoms with van der Waals surface area (Å²) in [7, 11) is 3.38. The van der Waals surface area contributed by atoms with E-state index in [-0.39, 0.29) is 5.60 Å². The fourth-order valence-electron chi connectivity index (χ4n) is 4.69. The largest absolute Gasteiger partial charge is 0.493 e. The van der Waals surface area contributed by atoms with Gasteiger partial charge in [-0.2, -0.15) is 5.10 Å². The van der Waals surface area contributed by atoms with Gasteiger partial charge in [0.15, 0.2) is 17.1 Å². The molecule has 2 aromatic heterocycles. The smallest absolute Gasteiger partial charge is 0.161 e. The van der Waals surface area contributed by atoms with Crippen molar-refractivity contribution in [3.05, 3.63) is 53.5 Å². The Morgan fingerprint density at radius 1 is 1.10 bits per heavy atom. The molecule has 1 spiro atoms. The minimum Gasteiger partial charge on any atom is -0.493 e. The van der Waals surface area contributed by atoms with Crippen molar-refractivity contribution in [3.8, 4) is 11.5 Å². The predicted molar refractivity (Wildman–Crippen MR) is 108 cm³/mol. The molecule has 0 N–H and O–H groups in total. The lowest BCUT2D eigenvalue weighted by molar-refractivity contribution is -0.0990. The van der Waals surface area contributed by atoms with Crippen LogP contribution in [0.15, 0.2) is 36.8 Å². The van der Waals surface area contributed by atoms with Gasteiger partial charge in [-0.1, -0.05) is 0 Å². The summed E-state index contributed by atoms with van der Waals surface area (Å²) in [6.07, 6.45) is 6.43. The Labute approximate surface area is 170 Å². The number of piperidine rings is 1. The van der Waals surface area contributed by atoms with Gasteiger partial charge in [0.2, 0.25) is 0 Å². The Bertz CT molecular complexity index is 1020. The molecule has 0 amide bonds. The summed E-state index contributed by atoms with van der Waals surface area (Å²) in [6.45, 7) is 3.65. The van der Waals surface area contributed by atoms with Crippen molar-refractivity contribution in [2.45, 2.75) is 31.4 Å². The maximum Gasteiger partial charge on any atom is 0.161 e. The molecule has 0 radical (unpaired) electrons. The molecule has 0 aliphatic carbocycles. The first-order valence-electron chi connectivity index (χ1n) is 10.1. The lowest BCUT2D eigenvalue weighted by Gasteiger charge is -2.45. The fourth-order valence-corrected chi connectivity index (χ4v) is 4.69. The lowest BCUT2D eigenvalue weighted by atomic mass is 9.79. The van der Waals surface area contributed by atoms with Gasteiger partial charge < -0.3 is 14.2 Å². The highest BCUT2D eigenvalue weighted by Gasteiger charge is 2.41. The molecule has 0 bridgehead atoms. The molecule has 1 saturated heterocycles. The van der Waals surface area contributed by atoms with Crippen molar-refractivity contribution in [3.63, 3.8) is 0 Å². The summed E-state index contributed by atoms with van der Waals surface area (Å²) in [6, 6.07) is 8.48. The minimum atomic E-state index is -0.222. The number of fused-ring (bicyclic) bond motifs is 3. The average Bonchev–Trinajstić information content (AvgIpc) is 3.23. The summed E-state index contributed by atoms with van der Waals surface area (Å²) >= 11 is 0. The van der Waals surface area contributed by atoms with E-state index < -0.39 is 0 Å². The third-order valence-corrected chi connectivity index (χ3v) is 6.27. The lowest BCUT2D eigenvalue weighted by Crippen LogP contribution is -2.46. The molecule has 1 fully saturated rings. The molecule has 7 heteroatoms. The number of methoxy groups -OCH3 is 2. The number of aromatic nitrogens is 3. The van der Waals surface area contributed by atoms with Crippen LogP contribution in [0.25, 0.3) is 5.65 Å². The zero-order chi connectivity index (χ0) is 19.8. The van der Waals surface area contributed by atoms with E-state index in [1.54, 1.807) is 25.1 Å². The predicted octanol–water partition coefficient (Wildman–Crippen LogP) is 2.81. The standard InChI is InChI=1S/C22H26N4O3/c1-27-19-12-17-4-10-29-22(18(17)13-20(19)28-2)5-8-25(9-6-22)14-16-3-7-26-21(11-16)23-15-24-26/h3,7,11-13,15H,4-6,8-10,14H2,1-2H3. The highest BCUT2D eigenvalue weighted by atomic mass is 16.5. The number of hydrogen-bond acceptors (Lipinski definition) is 6. The number of hydrogen-bond donors (Lipinski definition) is 0. The van der Waals surface area contributed by atoms with Crippen LogP contribution in [0.4, 0.5) is 0 Å². The summed E-state index contributed by atoms with van der Waals surface area (Å²) in [5.74, 6) is 1.57. The van der Waals surface area contributed by atoms with Crippen molar-refractivity contribution in [1.29, 1.82) is 0 Å². The Morgan fingerprint density at radius 2 is 1.90 bits per heavy atom. The highest BCUT2D eigenvalue weighted by Crippen LogP contribution is 2.45. The molecular weight excluding hydrogens is 368 g/mol. The van der Waals surface area contributed by atoms with Crippen LogP contribution in [-0.2, 0) is 23.3 Å². The van der Waals surface area contributed by atoms with Crippen LogP contribution in [0.3, 0.4) is 0 Å². The Hall–Kier alpha value is -2.64. The molecule has 0 unspecified atom stereocenters. The Kier molecular flexibility index (Phi) is 4.64. The van der Waals surface area contributed by atoms with Crippen molar-refractivity contribution in [1.82, 2.24) is 19.5 Å². The van der Waals surface area contributed by atoms with Gasteiger partial charge in [-0.15, -0.1) is 0 Å². The van der Waals surface area contributed by atoms with Crippen molar-refractivity contribution in [2.75, 3.05) is 33.9 Å². The molecule has 7 nitrogen and oxygen atoms in total. The van der Waals surface area contributed by atoms with E-state index in [9.17, 15) is 0 Å². The zero-order valence-electron chi connectivity index (χ0n) is 16.9. The van der Waals surface area contributed by atoms with E-state index in [2.05, 4.69) is 39.2 Å². The van der Waals surface area contributed by atoms with E-state index >= 15 is 0 Å². The van der Waals surface area contributed by atoms with Gasteiger partial charge in [-0.05, 0) is 60.2 Å². The molecule has 29 heavy (non-hydrogen) atoms. The molecule has 1 aromatic carbocycles. The second-order valence-corrected chi connectivity index (χ2v) is 7.83. The maximum atomic E-state index is 6.41. The van der Waals surface area contributed by atoms with Gasteiger partial charge in [0.25, 0.3) is 0 Å². The third-order valence-electron chi connectivity index (χ3n) is 6.27. The number of likely N-dealkylation sites (tertiary alicyclic amines) is 1. The van der Waals surface area contributed by atoms with Crippen LogP contribution in [0, 0.1) is 0 Å². The zero-order valence-corrected chi connectivity index (χ0v) is 16.9. The average molecular weight is 394 g/mol. The van der Waals surface area contributed by atoms with Gasteiger partial charge in [-0.25, -0.2) is 9.50 Å². The van der Waals surface area contributed by atoms with Crippen molar-refractivity contribution in [2.24, 2.45) is 0 Å². The number of pyridine rings is 1. The monoisotopic (exact) mass is 394 g/mol. The highest BCUT2D eigenvalue weighted by molar-refractivity contribution is 5.50. The molecule has 5 rings (SSSR count). The first kappa shape index (κ1) is 18.4. The van der Waals surface area contributed by atoms with Crippen LogP contribution < -0.4 is 9.47 Å². The topological polar surface area (TPSA) is 61.1 Å².